The van der Waals surface area contributed by atoms with Crippen LogP contribution in [0.4, 0.5) is 11.5 Å². The number of ether oxygens (including phenoxy) is 1. The Hall–Kier alpha value is -3.04. The highest BCUT2D eigenvalue weighted by molar-refractivity contribution is 7.19. The topological polar surface area (TPSA) is 82.9 Å². The van der Waals surface area contributed by atoms with E-state index in [1.54, 1.807) is 17.7 Å². The second-order valence-electron chi connectivity index (χ2n) is 9.78. The van der Waals surface area contributed by atoms with Crippen LogP contribution in [0.3, 0.4) is 0 Å². The molecule has 2 aromatic heterocycles. The summed E-state index contributed by atoms with van der Waals surface area (Å²) >= 11 is 1.70. The van der Waals surface area contributed by atoms with E-state index in [2.05, 4.69) is 51.4 Å². The summed E-state index contributed by atoms with van der Waals surface area (Å²) in [6.07, 6.45) is 6.06. The van der Waals surface area contributed by atoms with Crippen molar-refractivity contribution in [2.75, 3.05) is 39.1 Å². The van der Waals surface area contributed by atoms with Crippen LogP contribution in [0.1, 0.15) is 34.9 Å². The fraction of sp³-hybridized carbons (Fsp3) is 0.462. The number of aliphatic imine (C=N–C) groups is 1. The number of likely N-dealkylation sites (tertiary alicyclic amines) is 1. The van der Waals surface area contributed by atoms with Crippen LogP contribution in [-0.2, 0) is 24.2 Å². The zero-order chi connectivity index (χ0) is 24.1. The Morgan fingerprint density at radius 1 is 1.29 bits per heavy atom. The molecule has 6 rings (SSSR count). The Balaban J connectivity index is 1.27. The maximum Gasteiger partial charge on any atom is 0.226 e. The van der Waals surface area contributed by atoms with E-state index in [1.165, 1.54) is 16.0 Å². The number of fused-ring (bicyclic) bond motifs is 4. The minimum absolute atomic E-state index is 0.0589. The van der Waals surface area contributed by atoms with Crippen LogP contribution in [0, 0.1) is 5.92 Å². The quantitative estimate of drug-likeness (QED) is 0.568. The Kier molecular flexibility index (Phi) is 5.69. The van der Waals surface area contributed by atoms with Crippen LogP contribution in [-0.4, -0.2) is 71.7 Å². The lowest BCUT2D eigenvalue weighted by atomic mass is 9.86. The first-order chi connectivity index (χ1) is 17.0. The van der Waals surface area contributed by atoms with Gasteiger partial charge in [-0.3, -0.25) is 9.79 Å². The molecule has 0 bridgehead atoms. The molecule has 182 valence electrons. The number of hydrogen-bond donors (Lipinski definition) is 1. The molecule has 1 fully saturated rings. The predicted octanol–water partition coefficient (Wildman–Crippen LogP) is 3.64. The maximum absolute atomic E-state index is 13.1. The first-order valence-corrected chi connectivity index (χ1v) is 13.1. The molecule has 2 aliphatic heterocycles. The van der Waals surface area contributed by atoms with Crippen LogP contribution < -0.4 is 10.1 Å². The number of benzene rings is 1. The molecule has 1 aliphatic carbocycles. The minimum Gasteiger partial charge on any atom is -0.492 e. The normalized spacial score (nSPS) is 19.1. The largest absolute Gasteiger partial charge is 0.492 e. The second-order valence-corrected chi connectivity index (χ2v) is 10.9. The van der Waals surface area contributed by atoms with Gasteiger partial charge in [0.2, 0.25) is 5.91 Å². The van der Waals surface area contributed by atoms with E-state index in [0.717, 1.165) is 65.4 Å². The van der Waals surface area contributed by atoms with E-state index >= 15 is 0 Å². The molecule has 1 N–H and O–H groups in total. The van der Waals surface area contributed by atoms with E-state index in [-0.39, 0.29) is 5.92 Å². The van der Waals surface area contributed by atoms with Gasteiger partial charge in [-0.05, 0) is 69.1 Å². The number of nitrogens with one attached hydrogen (secondary N) is 1. The molecule has 8 nitrogen and oxygen atoms in total. The van der Waals surface area contributed by atoms with Crippen molar-refractivity contribution < 1.29 is 9.53 Å². The highest BCUT2D eigenvalue weighted by Gasteiger charge is 2.37. The van der Waals surface area contributed by atoms with Crippen molar-refractivity contribution in [2.45, 2.75) is 38.8 Å². The summed E-state index contributed by atoms with van der Waals surface area (Å²) in [5.41, 5.74) is 4.45. The molecule has 9 heteroatoms. The summed E-state index contributed by atoms with van der Waals surface area (Å²) in [6, 6.07) is 4.65. The third kappa shape index (κ3) is 3.96. The van der Waals surface area contributed by atoms with Gasteiger partial charge in [-0.1, -0.05) is 0 Å². The van der Waals surface area contributed by atoms with Crippen molar-refractivity contribution in [1.82, 2.24) is 19.8 Å². The van der Waals surface area contributed by atoms with Crippen molar-refractivity contribution in [3.05, 3.63) is 40.0 Å². The number of anilines is 2. The van der Waals surface area contributed by atoms with Crippen LogP contribution in [0.5, 0.6) is 5.75 Å². The van der Waals surface area contributed by atoms with Crippen LogP contribution in [0.15, 0.2) is 23.5 Å². The zero-order valence-corrected chi connectivity index (χ0v) is 21.2. The van der Waals surface area contributed by atoms with E-state index in [9.17, 15) is 4.79 Å². The number of aromatic nitrogens is 2. The first kappa shape index (κ1) is 22.4. The van der Waals surface area contributed by atoms with Gasteiger partial charge >= 0.3 is 0 Å². The molecule has 0 radical (unpaired) electrons. The Labute approximate surface area is 209 Å². The number of hydrogen-bond acceptors (Lipinski definition) is 8. The summed E-state index contributed by atoms with van der Waals surface area (Å²) < 4.78 is 5.94. The van der Waals surface area contributed by atoms with Gasteiger partial charge in [0.25, 0.3) is 0 Å². The fourth-order valence-electron chi connectivity index (χ4n) is 5.27. The van der Waals surface area contributed by atoms with Gasteiger partial charge in [0.05, 0.1) is 24.2 Å². The van der Waals surface area contributed by atoms with E-state index < -0.39 is 0 Å². The van der Waals surface area contributed by atoms with Gasteiger partial charge in [0, 0.05) is 36.1 Å². The van der Waals surface area contributed by atoms with Gasteiger partial charge < -0.3 is 19.9 Å². The SMILES string of the molecule is CCOc1cc2c(cc1Nc1ncnc3sc4c(c13)CC[C@H](C(=O)N1CC(N(C)C)C1)C4)C=NC2. The summed E-state index contributed by atoms with van der Waals surface area (Å²) in [6.45, 7) is 4.95. The summed E-state index contributed by atoms with van der Waals surface area (Å²) in [7, 11) is 4.16. The number of amides is 1. The smallest absolute Gasteiger partial charge is 0.226 e. The molecule has 1 atom stereocenters. The van der Waals surface area contributed by atoms with Gasteiger partial charge in [-0.25, -0.2) is 9.97 Å². The fourth-order valence-corrected chi connectivity index (χ4v) is 6.54. The number of carbonyl (C=O) groups excluding carboxylic acids is 1. The van der Waals surface area contributed by atoms with Gasteiger partial charge in [-0.15, -0.1) is 11.3 Å². The van der Waals surface area contributed by atoms with E-state index in [1.807, 2.05) is 18.0 Å². The highest BCUT2D eigenvalue weighted by atomic mass is 32.1. The van der Waals surface area contributed by atoms with Gasteiger partial charge in [-0.2, -0.15) is 0 Å². The standard InChI is InChI=1S/C26H30N6O2S/c1-4-34-21-8-17-11-27-10-16(17)7-20(21)30-24-23-19-6-5-15(9-22(19)35-25(23)29-14-28-24)26(33)32-12-18(13-32)31(2)3/h7-8,10,14-15,18H,4-6,9,11-13H2,1-3H3,(H,28,29,30)/t15-/m0/s1. The lowest BCUT2D eigenvalue weighted by Crippen LogP contribution is -2.60. The highest BCUT2D eigenvalue weighted by Crippen LogP contribution is 2.42. The van der Waals surface area contributed by atoms with Crippen molar-refractivity contribution in [1.29, 1.82) is 0 Å². The molecule has 1 amide bonds. The third-order valence-electron chi connectivity index (χ3n) is 7.39. The van der Waals surface area contributed by atoms with Crippen molar-refractivity contribution in [3.8, 4) is 5.75 Å². The molecular formula is C26H30N6O2S. The average molecular weight is 491 g/mol. The van der Waals surface area contributed by atoms with E-state index in [0.29, 0.717) is 25.1 Å². The van der Waals surface area contributed by atoms with Crippen LogP contribution in [0.2, 0.25) is 0 Å². The Bertz CT molecular complexity index is 1330. The molecule has 1 aromatic carbocycles. The molecule has 4 heterocycles. The van der Waals surface area contributed by atoms with Gasteiger partial charge in [0.15, 0.2) is 0 Å². The second kappa shape index (κ2) is 8.87. The maximum atomic E-state index is 13.1. The number of thiophene rings is 1. The van der Waals surface area contributed by atoms with Crippen LogP contribution in [0.25, 0.3) is 10.2 Å². The molecule has 35 heavy (non-hydrogen) atoms. The Morgan fingerprint density at radius 2 is 2.14 bits per heavy atom. The third-order valence-corrected chi connectivity index (χ3v) is 8.55. The number of carbonyl (C=O) groups is 1. The molecule has 3 aromatic rings. The first-order valence-electron chi connectivity index (χ1n) is 12.3. The minimum atomic E-state index is 0.0589. The average Bonchev–Trinajstić information content (AvgIpc) is 3.41. The number of aryl methyl sites for hydroxylation is 1. The Morgan fingerprint density at radius 3 is 2.94 bits per heavy atom. The lowest BCUT2D eigenvalue weighted by Gasteiger charge is -2.44. The monoisotopic (exact) mass is 490 g/mol. The lowest BCUT2D eigenvalue weighted by molar-refractivity contribution is -0.142. The molecule has 0 spiro atoms. The van der Waals surface area contributed by atoms with Crippen molar-refractivity contribution in [3.63, 3.8) is 0 Å². The van der Waals surface area contributed by atoms with Crippen molar-refractivity contribution in [2.24, 2.45) is 10.9 Å². The number of rotatable bonds is 6. The number of nitrogens with zero attached hydrogens (tertiary/aromatic N) is 5. The zero-order valence-electron chi connectivity index (χ0n) is 20.4. The van der Waals surface area contributed by atoms with E-state index in [4.69, 9.17) is 4.74 Å². The molecule has 3 aliphatic rings. The summed E-state index contributed by atoms with van der Waals surface area (Å²) in [4.78, 5) is 33.2. The number of likely N-dealkylation sites (N-methyl/N-ethyl adjacent to an activating group) is 1. The van der Waals surface area contributed by atoms with Gasteiger partial charge in [0.1, 0.15) is 22.7 Å². The molecule has 0 unspecified atom stereocenters. The molecule has 1 saturated heterocycles. The molecular weight excluding hydrogens is 460 g/mol. The van der Waals surface area contributed by atoms with Crippen LogP contribution >= 0.6 is 11.3 Å². The predicted molar refractivity (Wildman–Crippen MR) is 139 cm³/mol. The molecule has 0 saturated carbocycles. The summed E-state index contributed by atoms with van der Waals surface area (Å²) in [5.74, 6) is 1.97. The summed E-state index contributed by atoms with van der Waals surface area (Å²) in [5, 5.41) is 4.62. The van der Waals surface area contributed by atoms with Crippen molar-refractivity contribution >= 4 is 45.2 Å².